The first-order chi connectivity index (χ1) is 10.5. The van der Waals surface area contributed by atoms with Crippen LogP contribution in [-0.4, -0.2) is 42.9 Å². The molecule has 0 bridgehead atoms. The average Bonchev–Trinajstić information content (AvgIpc) is 2.92. The molecule has 1 unspecified atom stereocenters. The van der Waals surface area contributed by atoms with Crippen molar-refractivity contribution < 1.29 is 9.18 Å². The predicted octanol–water partition coefficient (Wildman–Crippen LogP) is 2.91. The van der Waals surface area contributed by atoms with Gasteiger partial charge in [0.1, 0.15) is 5.82 Å². The van der Waals surface area contributed by atoms with Crippen LogP contribution >= 0.6 is 0 Å². The topological polar surface area (TPSA) is 23.6 Å². The van der Waals surface area contributed by atoms with Gasteiger partial charge < -0.3 is 4.90 Å². The number of likely N-dealkylation sites (tertiary alicyclic amines) is 1. The Hall–Kier alpha value is -1.68. The first-order valence-corrected chi connectivity index (χ1v) is 7.97. The highest BCUT2D eigenvalue weighted by Crippen LogP contribution is 2.35. The maximum atomic E-state index is 14.3. The van der Waals surface area contributed by atoms with Gasteiger partial charge in [-0.1, -0.05) is 18.2 Å². The number of hydrogen-bond donors (Lipinski definition) is 0. The molecule has 1 aliphatic heterocycles. The molecular formula is C18H23FN2O. The second-order valence-corrected chi connectivity index (χ2v) is 6.52. The molecule has 0 saturated carbocycles. The minimum absolute atomic E-state index is 0.0441. The van der Waals surface area contributed by atoms with Gasteiger partial charge in [0.15, 0.2) is 0 Å². The van der Waals surface area contributed by atoms with Crippen molar-refractivity contribution in [2.45, 2.75) is 25.8 Å². The summed E-state index contributed by atoms with van der Waals surface area (Å²) < 4.78 is 14.3. The molecule has 0 radical (unpaired) electrons. The first-order valence-electron chi connectivity index (χ1n) is 7.97. The second-order valence-electron chi connectivity index (χ2n) is 6.52. The van der Waals surface area contributed by atoms with Gasteiger partial charge >= 0.3 is 0 Å². The van der Waals surface area contributed by atoms with Crippen molar-refractivity contribution in [1.82, 2.24) is 9.80 Å². The minimum Gasteiger partial charge on any atom is -0.348 e. The van der Waals surface area contributed by atoms with E-state index in [2.05, 4.69) is 4.90 Å². The summed E-state index contributed by atoms with van der Waals surface area (Å²) in [7, 11) is 3.53. The van der Waals surface area contributed by atoms with Crippen LogP contribution in [0.2, 0.25) is 0 Å². The van der Waals surface area contributed by atoms with Gasteiger partial charge in [0.05, 0.1) is 5.92 Å². The highest BCUT2D eigenvalue weighted by Gasteiger charge is 2.28. The number of carbonyl (C=O) groups is 1. The van der Waals surface area contributed by atoms with E-state index in [0.717, 1.165) is 29.8 Å². The van der Waals surface area contributed by atoms with E-state index < -0.39 is 0 Å². The van der Waals surface area contributed by atoms with E-state index in [1.54, 1.807) is 25.1 Å². The molecular weight excluding hydrogens is 279 g/mol. The summed E-state index contributed by atoms with van der Waals surface area (Å²) in [6.07, 6.45) is 5.10. The van der Waals surface area contributed by atoms with Gasteiger partial charge in [-0.05, 0) is 49.6 Å². The number of halogens is 1. The van der Waals surface area contributed by atoms with Crippen LogP contribution in [-0.2, 0) is 11.3 Å². The fourth-order valence-corrected chi connectivity index (χ4v) is 3.21. The largest absolute Gasteiger partial charge is 0.348 e. The standard InChI is InChI=1S/C18H23FN2O/c1-20(2)18(22)16-9-15(10-16)13-5-6-14(17(19)11-13)12-21-7-3-4-8-21/h5-6,9,11,16H,3-4,7-8,10,12H2,1-2H3. The van der Waals surface area contributed by atoms with Gasteiger partial charge in [-0.3, -0.25) is 9.69 Å². The van der Waals surface area contributed by atoms with Crippen molar-refractivity contribution in [3.05, 3.63) is 41.2 Å². The third-order valence-corrected chi connectivity index (χ3v) is 4.62. The van der Waals surface area contributed by atoms with E-state index >= 15 is 0 Å². The van der Waals surface area contributed by atoms with Crippen LogP contribution in [0.4, 0.5) is 4.39 Å². The van der Waals surface area contributed by atoms with E-state index in [9.17, 15) is 9.18 Å². The fraction of sp³-hybridized carbons (Fsp3) is 0.500. The smallest absolute Gasteiger partial charge is 0.229 e. The molecule has 1 atom stereocenters. The van der Waals surface area contributed by atoms with Crippen molar-refractivity contribution in [3.8, 4) is 0 Å². The highest BCUT2D eigenvalue weighted by atomic mass is 19.1. The summed E-state index contributed by atoms with van der Waals surface area (Å²) in [5, 5.41) is 0. The summed E-state index contributed by atoms with van der Waals surface area (Å²) in [5.41, 5.74) is 2.75. The predicted molar refractivity (Wildman–Crippen MR) is 85.7 cm³/mol. The van der Waals surface area contributed by atoms with E-state index in [0.29, 0.717) is 13.0 Å². The molecule has 1 aromatic carbocycles. The average molecular weight is 302 g/mol. The van der Waals surface area contributed by atoms with Crippen molar-refractivity contribution in [1.29, 1.82) is 0 Å². The van der Waals surface area contributed by atoms with E-state index in [-0.39, 0.29) is 17.6 Å². The lowest BCUT2D eigenvalue weighted by molar-refractivity contribution is -0.131. The zero-order chi connectivity index (χ0) is 15.7. The zero-order valence-corrected chi connectivity index (χ0v) is 13.3. The molecule has 3 rings (SSSR count). The Kier molecular flexibility index (Phi) is 4.30. The maximum absolute atomic E-state index is 14.3. The van der Waals surface area contributed by atoms with Crippen molar-refractivity contribution in [2.24, 2.45) is 5.92 Å². The first kappa shape index (κ1) is 15.2. The summed E-state index contributed by atoms with van der Waals surface area (Å²) in [6, 6.07) is 5.50. The van der Waals surface area contributed by atoms with Gasteiger partial charge in [0, 0.05) is 26.2 Å². The van der Waals surface area contributed by atoms with Gasteiger partial charge in [-0.2, -0.15) is 0 Å². The number of benzene rings is 1. The summed E-state index contributed by atoms with van der Waals surface area (Å²) in [4.78, 5) is 15.7. The number of amides is 1. The minimum atomic E-state index is -0.132. The normalized spacial score (nSPS) is 21.4. The fourth-order valence-electron chi connectivity index (χ4n) is 3.21. The van der Waals surface area contributed by atoms with Crippen molar-refractivity contribution >= 4 is 11.5 Å². The van der Waals surface area contributed by atoms with Crippen LogP contribution in [0, 0.1) is 11.7 Å². The van der Waals surface area contributed by atoms with Crippen LogP contribution in [0.25, 0.3) is 5.57 Å². The molecule has 1 fully saturated rings. The van der Waals surface area contributed by atoms with Gasteiger partial charge in [-0.25, -0.2) is 4.39 Å². The molecule has 1 saturated heterocycles. The molecule has 4 heteroatoms. The third kappa shape index (κ3) is 3.07. The van der Waals surface area contributed by atoms with Gasteiger partial charge in [0.2, 0.25) is 5.91 Å². The summed E-state index contributed by atoms with van der Waals surface area (Å²) in [5.74, 6) is -0.0556. The van der Waals surface area contributed by atoms with E-state index in [1.807, 2.05) is 18.2 Å². The molecule has 1 aliphatic carbocycles. The van der Waals surface area contributed by atoms with Crippen LogP contribution in [0.3, 0.4) is 0 Å². The SMILES string of the molecule is CN(C)C(=O)C1C=C(c2ccc(CN3CCCC3)c(F)c2)C1. The number of rotatable bonds is 4. The Bertz CT molecular complexity index is 603. The molecule has 3 nitrogen and oxygen atoms in total. The van der Waals surface area contributed by atoms with E-state index in [1.165, 1.54) is 12.8 Å². The molecule has 118 valence electrons. The van der Waals surface area contributed by atoms with Crippen LogP contribution in [0.5, 0.6) is 0 Å². The van der Waals surface area contributed by atoms with Crippen molar-refractivity contribution in [3.63, 3.8) is 0 Å². The Morgan fingerprint density at radius 2 is 2.00 bits per heavy atom. The quantitative estimate of drug-likeness (QED) is 0.854. The molecule has 1 aromatic rings. The number of nitrogens with zero attached hydrogens (tertiary/aromatic N) is 2. The lowest BCUT2D eigenvalue weighted by atomic mass is 9.81. The monoisotopic (exact) mass is 302 g/mol. The lowest BCUT2D eigenvalue weighted by Gasteiger charge is -2.27. The summed E-state index contributed by atoms with van der Waals surface area (Å²) in [6.45, 7) is 2.84. The number of carbonyl (C=O) groups excluding carboxylic acids is 1. The van der Waals surface area contributed by atoms with Crippen LogP contribution in [0.15, 0.2) is 24.3 Å². The summed E-state index contributed by atoms with van der Waals surface area (Å²) >= 11 is 0. The molecule has 1 heterocycles. The Labute approximate surface area is 131 Å². The molecule has 0 spiro atoms. The van der Waals surface area contributed by atoms with Crippen LogP contribution < -0.4 is 0 Å². The molecule has 0 N–H and O–H groups in total. The van der Waals surface area contributed by atoms with Gasteiger partial charge in [0.25, 0.3) is 0 Å². The maximum Gasteiger partial charge on any atom is 0.229 e. The Morgan fingerprint density at radius 1 is 1.32 bits per heavy atom. The molecule has 0 aromatic heterocycles. The molecule has 2 aliphatic rings. The second kappa shape index (κ2) is 6.21. The zero-order valence-electron chi connectivity index (χ0n) is 13.3. The lowest BCUT2D eigenvalue weighted by Crippen LogP contribution is -2.32. The third-order valence-electron chi connectivity index (χ3n) is 4.62. The Morgan fingerprint density at radius 3 is 2.59 bits per heavy atom. The highest BCUT2D eigenvalue weighted by molar-refractivity contribution is 5.89. The molecule has 22 heavy (non-hydrogen) atoms. The number of hydrogen-bond acceptors (Lipinski definition) is 2. The van der Waals surface area contributed by atoms with Crippen molar-refractivity contribution in [2.75, 3.05) is 27.2 Å². The Balaban J connectivity index is 1.68. The van der Waals surface area contributed by atoms with Crippen LogP contribution in [0.1, 0.15) is 30.4 Å². The number of allylic oxidation sites excluding steroid dienone is 1. The van der Waals surface area contributed by atoms with E-state index in [4.69, 9.17) is 0 Å². The molecule has 1 amide bonds. The van der Waals surface area contributed by atoms with Gasteiger partial charge in [-0.15, -0.1) is 0 Å².